The van der Waals surface area contributed by atoms with Crippen molar-refractivity contribution in [3.63, 3.8) is 0 Å². The Morgan fingerprint density at radius 3 is 2.83 bits per heavy atom. The maximum atomic E-state index is 10.2. The lowest BCUT2D eigenvalue weighted by Crippen LogP contribution is -2.50. The number of nitrogens with zero attached hydrogens (tertiary/aromatic N) is 2. The maximum Gasteiger partial charge on any atom is 0.0577 e. The highest BCUT2D eigenvalue weighted by molar-refractivity contribution is 7.08. The van der Waals surface area contributed by atoms with E-state index in [4.69, 9.17) is 0 Å². The van der Waals surface area contributed by atoms with Gasteiger partial charge < -0.3 is 5.11 Å². The molecule has 0 aromatic carbocycles. The summed E-state index contributed by atoms with van der Waals surface area (Å²) in [6.45, 7) is 7.28. The minimum atomic E-state index is -0.112. The molecule has 4 heteroatoms. The standard InChI is InChI=1S/C26H36N2OS/c1-17(28-27-15-18-10-13-30-16-18)22-6-7-23-21-5-4-19-14-20(29)8-11-25(19,2)24(21)9-12-26(22,23)3/h4,10,13,15-16,20-24,29H,5-9,11-12,14H2,1-3H3/b27-15+,28-17-/t20-,21?,22?,23?,24?,25?,26?/m0/s1. The number of allylic oxidation sites excluding steroid dienone is 1. The van der Waals surface area contributed by atoms with Crippen LogP contribution in [-0.2, 0) is 0 Å². The monoisotopic (exact) mass is 424 g/mol. The van der Waals surface area contributed by atoms with Crippen LogP contribution >= 0.6 is 11.3 Å². The molecule has 3 saturated carbocycles. The molecule has 0 spiro atoms. The van der Waals surface area contributed by atoms with E-state index in [1.54, 1.807) is 16.9 Å². The van der Waals surface area contributed by atoms with Gasteiger partial charge in [0.05, 0.1) is 12.3 Å². The summed E-state index contributed by atoms with van der Waals surface area (Å²) >= 11 is 1.70. The van der Waals surface area contributed by atoms with E-state index in [0.29, 0.717) is 16.7 Å². The van der Waals surface area contributed by atoms with Crippen LogP contribution in [0.1, 0.15) is 77.7 Å². The fraction of sp³-hybridized carbons (Fsp3) is 0.692. The molecule has 0 aliphatic heterocycles. The third kappa shape index (κ3) is 3.26. The zero-order chi connectivity index (χ0) is 20.9. The van der Waals surface area contributed by atoms with Crippen molar-refractivity contribution >= 4 is 23.3 Å². The van der Waals surface area contributed by atoms with Gasteiger partial charge in [-0.05, 0) is 104 Å². The second-order valence-corrected chi connectivity index (χ2v) is 11.7. The lowest BCUT2D eigenvalue weighted by molar-refractivity contribution is -0.0423. The number of hydrogen-bond donors (Lipinski definition) is 1. The van der Waals surface area contributed by atoms with Gasteiger partial charge in [0, 0.05) is 17.2 Å². The van der Waals surface area contributed by atoms with E-state index in [-0.39, 0.29) is 6.10 Å². The molecule has 4 aliphatic carbocycles. The van der Waals surface area contributed by atoms with Crippen LogP contribution in [-0.4, -0.2) is 23.1 Å². The highest BCUT2D eigenvalue weighted by Gasteiger charge is 2.58. The van der Waals surface area contributed by atoms with Gasteiger partial charge in [-0.1, -0.05) is 25.5 Å². The van der Waals surface area contributed by atoms with Gasteiger partial charge >= 0.3 is 0 Å². The molecule has 0 radical (unpaired) electrons. The predicted molar refractivity (Wildman–Crippen MR) is 126 cm³/mol. The number of thiophene rings is 1. The van der Waals surface area contributed by atoms with Gasteiger partial charge in [-0.2, -0.15) is 21.5 Å². The van der Waals surface area contributed by atoms with E-state index >= 15 is 0 Å². The minimum absolute atomic E-state index is 0.112. The molecular weight excluding hydrogens is 388 g/mol. The van der Waals surface area contributed by atoms with Gasteiger partial charge in [0.25, 0.3) is 0 Å². The third-order valence-corrected chi connectivity index (χ3v) is 10.2. The first-order chi connectivity index (χ1) is 14.4. The van der Waals surface area contributed by atoms with Gasteiger partial charge in [-0.15, -0.1) is 0 Å². The summed E-state index contributed by atoms with van der Waals surface area (Å²) in [6.07, 6.45) is 13.9. The molecule has 0 bridgehead atoms. The number of aliphatic hydroxyl groups excluding tert-OH is 1. The van der Waals surface area contributed by atoms with Gasteiger partial charge in [0.1, 0.15) is 0 Å². The molecule has 162 valence electrons. The average molecular weight is 425 g/mol. The topological polar surface area (TPSA) is 45.0 Å². The molecule has 1 aromatic rings. The Labute approximate surface area is 185 Å². The van der Waals surface area contributed by atoms with E-state index in [0.717, 1.165) is 36.2 Å². The Balaban J connectivity index is 1.36. The minimum Gasteiger partial charge on any atom is -0.393 e. The highest BCUT2D eigenvalue weighted by atomic mass is 32.1. The molecule has 3 fully saturated rings. The predicted octanol–water partition coefficient (Wildman–Crippen LogP) is 6.48. The second kappa shape index (κ2) is 7.70. The first kappa shape index (κ1) is 20.6. The molecule has 1 N–H and O–H groups in total. The largest absolute Gasteiger partial charge is 0.393 e. The first-order valence-corrected chi connectivity index (χ1v) is 12.8. The van der Waals surface area contributed by atoms with Crippen molar-refractivity contribution in [1.82, 2.24) is 0 Å². The van der Waals surface area contributed by atoms with Crippen molar-refractivity contribution in [2.24, 2.45) is 44.7 Å². The Morgan fingerprint density at radius 1 is 1.17 bits per heavy atom. The summed E-state index contributed by atoms with van der Waals surface area (Å²) in [5.41, 5.74) is 4.63. The SMILES string of the molecule is C/C(=N/N=C/c1ccsc1)C1CCC2C3CC=C4C[C@@H](O)CCC4(C)C3CCC12C. The van der Waals surface area contributed by atoms with Gasteiger partial charge in [-0.25, -0.2) is 0 Å². The van der Waals surface area contributed by atoms with Crippen LogP contribution in [0.4, 0.5) is 0 Å². The maximum absolute atomic E-state index is 10.2. The van der Waals surface area contributed by atoms with Crippen LogP contribution in [0.25, 0.3) is 0 Å². The van der Waals surface area contributed by atoms with Gasteiger partial charge in [0.15, 0.2) is 0 Å². The van der Waals surface area contributed by atoms with E-state index in [1.807, 2.05) is 6.21 Å². The third-order valence-electron chi connectivity index (χ3n) is 9.55. The van der Waals surface area contributed by atoms with Crippen molar-refractivity contribution < 1.29 is 5.11 Å². The van der Waals surface area contributed by atoms with E-state index in [9.17, 15) is 5.11 Å². The molecule has 0 saturated heterocycles. The fourth-order valence-electron chi connectivity index (χ4n) is 7.93. The lowest BCUT2D eigenvalue weighted by atomic mass is 9.47. The van der Waals surface area contributed by atoms with Crippen molar-refractivity contribution in [1.29, 1.82) is 0 Å². The van der Waals surface area contributed by atoms with Crippen molar-refractivity contribution in [2.45, 2.75) is 78.2 Å². The zero-order valence-electron chi connectivity index (χ0n) is 18.7. The van der Waals surface area contributed by atoms with Crippen LogP contribution in [0, 0.1) is 34.5 Å². The molecule has 6 unspecified atom stereocenters. The summed E-state index contributed by atoms with van der Waals surface area (Å²) in [5.74, 6) is 2.97. The molecule has 4 aliphatic rings. The molecule has 1 heterocycles. The molecule has 0 amide bonds. The Hall–Kier alpha value is -1.26. The van der Waals surface area contributed by atoms with E-state index < -0.39 is 0 Å². The van der Waals surface area contributed by atoms with Crippen molar-refractivity contribution in [2.75, 3.05) is 0 Å². The molecule has 7 atom stereocenters. The van der Waals surface area contributed by atoms with Crippen LogP contribution in [0.15, 0.2) is 38.7 Å². The second-order valence-electron chi connectivity index (χ2n) is 10.9. The normalized spacial score (nSPS) is 43.8. The van der Waals surface area contributed by atoms with Crippen LogP contribution in [0.2, 0.25) is 0 Å². The van der Waals surface area contributed by atoms with Gasteiger partial charge in [-0.3, -0.25) is 0 Å². The molecule has 30 heavy (non-hydrogen) atoms. The highest BCUT2D eigenvalue weighted by Crippen LogP contribution is 2.66. The lowest BCUT2D eigenvalue weighted by Gasteiger charge is -2.58. The quantitative estimate of drug-likeness (QED) is 0.337. The summed E-state index contributed by atoms with van der Waals surface area (Å²) < 4.78 is 0. The summed E-state index contributed by atoms with van der Waals surface area (Å²) in [4.78, 5) is 0. The summed E-state index contributed by atoms with van der Waals surface area (Å²) in [6, 6.07) is 2.09. The molecular formula is C26H36N2OS. The Kier molecular flexibility index (Phi) is 5.30. The fourth-order valence-corrected chi connectivity index (χ4v) is 8.54. The van der Waals surface area contributed by atoms with Gasteiger partial charge in [0.2, 0.25) is 0 Å². The van der Waals surface area contributed by atoms with E-state index in [2.05, 4.69) is 53.9 Å². The Bertz CT molecular complexity index is 872. The van der Waals surface area contributed by atoms with Crippen molar-refractivity contribution in [3.8, 4) is 0 Å². The summed E-state index contributed by atoms with van der Waals surface area (Å²) in [5, 5.41) is 23.5. The number of rotatable bonds is 3. The summed E-state index contributed by atoms with van der Waals surface area (Å²) in [7, 11) is 0. The zero-order valence-corrected chi connectivity index (χ0v) is 19.5. The van der Waals surface area contributed by atoms with Crippen LogP contribution < -0.4 is 0 Å². The Morgan fingerprint density at radius 2 is 2.03 bits per heavy atom. The van der Waals surface area contributed by atoms with Crippen LogP contribution in [0.3, 0.4) is 0 Å². The smallest absolute Gasteiger partial charge is 0.0577 e. The number of hydrogen-bond acceptors (Lipinski definition) is 4. The van der Waals surface area contributed by atoms with E-state index in [1.165, 1.54) is 44.2 Å². The molecule has 1 aromatic heterocycles. The molecule has 3 nitrogen and oxygen atoms in total. The molecule has 5 rings (SSSR count). The average Bonchev–Trinajstić information content (AvgIpc) is 3.35. The van der Waals surface area contributed by atoms with Crippen molar-refractivity contribution in [3.05, 3.63) is 34.0 Å². The number of aliphatic hydroxyl groups is 1. The van der Waals surface area contributed by atoms with Crippen LogP contribution in [0.5, 0.6) is 0 Å². The first-order valence-electron chi connectivity index (χ1n) is 11.9. The number of fused-ring (bicyclic) bond motifs is 5.